The van der Waals surface area contributed by atoms with Gasteiger partial charge in [-0.1, -0.05) is 20.8 Å². The average Bonchev–Trinajstić information content (AvgIpc) is 2.72. The molecule has 0 unspecified atom stereocenters. The number of fused-ring (bicyclic) bond motifs is 1. The third-order valence-corrected chi connectivity index (χ3v) is 6.66. The summed E-state index contributed by atoms with van der Waals surface area (Å²) in [6.45, 7) is 11.6. The number of rotatable bonds is 4. The van der Waals surface area contributed by atoms with Gasteiger partial charge in [-0.05, 0) is 23.4 Å². The van der Waals surface area contributed by atoms with Crippen LogP contribution in [0.15, 0.2) is 23.0 Å². The van der Waals surface area contributed by atoms with Crippen molar-refractivity contribution in [2.24, 2.45) is 0 Å². The molecule has 1 saturated heterocycles. The maximum absolute atomic E-state index is 12.2. The average molecular weight is 415 g/mol. The summed E-state index contributed by atoms with van der Waals surface area (Å²) < 4.78 is 1.61. The molecule has 4 heterocycles. The lowest BCUT2D eigenvalue weighted by atomic mass is 9.92. The quantitative estimate of drug-likeness (QED) is 0.757. The van der Waals surface area contributed by atoms with E-state index in [-0.39, 0.29) is 11.0 Å². The van der Waals surface area contributed by atoms with Crippen LogP contribution in [0.4, 0.5) is 5.82 Å². The fourth-order valence-corrected chi connectivity index (χ4v) is 4.68. The van der Waals surface area contributed by atoms with Crippen LogP contribution in [0.3, 0.4) is 0 Å². The molecule has 2 aliphatic heterocycles. The Morgan fingerprint density at radius 2 is 1.86 bits per heavy atom. The maximum Gasteiger partial charge on any atom is 0.266 e. The Balaban J connectivity index is 1.33. The molecule has 0 aliphatic carbocycles. The minimum Gasteiger partial charge on any atom is -0.353 e. The minimum absolute atomic E-state index is 0.0289. The molecule has 1 fully saturated rings. The van der Waals surface area contributed by atoms with Crippen LogP contribution in [0, 0.1) is 0 Å². The first-order valence-electron chi connectivity index (χ1n) is 10.4. The summed E-state index contributed by atoms with van der Waals surface area (Å²) in [5, 5.41) is 13.5. The van der Waals surface area contributed by atoms with Crippen molar-refractivity contribution in [2.75, 3.05) is 43.4 Å². The Kier molecular flexibility index (Phi) is 5.92. The van der Waals surface area contributed by atoms with Crippen molar-refractivity contribution >= 4 is 17.6 Å². The topological polar surface area (TPSA) is 67.2 Å². The maximum atomic E-state index is 12.2. The molecule has 0 radical (unpaired) electrons. The van der Waals surface area contributed by atoms with E-state index in [1.54, 1.807) is 10.7 Å². The van der Waals surface area contributed by atoms with Gasteiger partial charge in [-0.25, -0.2) is 4.68 Å². The third kappa shape index (κ3) is 4.80. The molecule has 4 rings (SSSR count). The summed E-state index contributed by atoms with van der Waals surface area (Å²) in [5.41, 5.74) is 3.37. The molecular weight excluding hydrogens is 384 g/mol. The lowest BCUT2D eigenvalue weighted by Crippen LogP contribution is -2.48. The fourth-order valence-electron chi connectivity index (χ4n) is 3.73. The molecule has 2 aliphatic rings. The number of nitrogens with zero attached hydrogens (tertiary/aromatic N) is 6. The summed E-state index contributed by atoms with van der Waals surface area (Å²) >= 11 is 1.97. The number of hydrogen-bond donors (Lipinski definition) is 0. The smallest absolute Gasteiger partial charge is 0.266 e. The van der Waals surface area contributed by atoms with Gasteiger partial charge in [-0.3, -0.25) is 9.69 Å². The highest BCUT2D eigenvalue weighted by atomic mass is 32.2. The highest BCUT2D eigenvalue weighted by Crippen LogP contribution is 2.25. The predicted octanol–water partition coefficient (Wildman–Crippen LogP) is 1.94. The van der Waals surface area contributed by atoms with Gasteiger partial charge in [0.1, 0.15) is 0 Å². The monoisotopic (exact) mass is 414 g/mol. The zero-order valence-electron chi connectivity index (χ0n) is 17.6. The largest absolute Gasteiger partial charge is 0.353 e. The van der Waals surface area contributed by atoms with Crippen LogP contribution in [0.25, 0.3) is 0 Å². The molecule has 29 heavy (non-hydrogen) atoms. The Hall–Kier alpha value is -1.93. The molecule has 0 spiro atoms. The van der Waals surface area contributed by atoms with E-state index in [1.807, 2.05) is 17.8 Å². The van der Waals surface area contributed by atoms with Crippen molar-refractivity contribution in [1.82, 2.24) is 24.9 Å². The first-order chi connectivity index (χ1) is 13.9. The van der Waals surface area contributed by atoms with Gasteiger partial charge < -0.3 is 4.90 Å². The second kappa shape index (κ2) is 8.44. The van der Waals surface area contributed by atoms with Crippen molar-refractivity contribution in [3.05, 3.63) is 45.5 Å². The Morgan fingerprint density at radius 1 is 1.07 bits per heavy atom. The van der Waals surface area contributed by atoms with Gasteiger partial charge in [-0.15, -0.1) is 5.10 Å². The molecular formula is C21H30N6OS. The van der Waals surface area contributed by atoms with Gasteiger partial charge in [-0.2, -0.15) is 22.0 Å². The number of piperazine rings is 1. The highest BCUT2D eigenvalue weighted by molar-refractivity contribution is 7.98. The standard InChI is InChI=1S/C21H30N6OS/c1-21(2,3)18-4-5-20(28)27(24-18)12-9-25-7-10-26(11-8-25)19-14-16-15-29-13-6-17(16)22-23-19/h4-5,14H,6-13,15H2,1-3H3. The van der Waals surface area contributed by atoms with E-state index >= 15 is 0 Å². The summed E-state index contributed by atoms with van der Waals surface area (Å²) in [7, 11) is 0. The molecule has 0 N–H and O–H groups in total. The molecule has 2 aromatic heterocycles. The van der Waals surface area contributed by atoms with Gasteiger partial charge in [0.15, 0.2) is 5.82 Å². The van der Waals surface area contributed by atoms with Gasteiger partial charge >= 0.3 is 0 Å². The van der Waals surface area contributed by atoms with Crippen LogP contribution in [0.1, 0.15) is 37.7 Å². The molecule has 0 amide bonds. The van der Waals surface area contributed by atoms with Crippen molar-refractivity contribution in [3.63, 3.8) is 0 Å². The number of aryl methyl sites for hydroxylation is 1. The predicted molar refractivity (Wildman–Crippen MR) is 118 cm³/mol. The number of anilines is 1. The molecule has 8 heteroatoms. The van der Waals surface area contributed by atoms with E-state index in [0.29, 0.717) is 6.54 Å². The Labute approximate surface area is 176 Å². The summed E-state index contributed by atoms with van der Waals surface area (Å²) in [6, 6.07) is 5.71. The highest BCUT2D eigenvalue weighted by Gasteiger charge is 2.21. The molecule has 7 nitrogen and oxygen atoms in total. The number of hydrogen-bond acceptors (Lipinski definition) is 7. The lowest BCUT2D eigenvalue weighted by molar-refractivity contribution is 0.241. The molecule has 156 valence electrons. The SMILES string of the molecule is CC(C)(C)c1ccc(=O)n(CCN2CCN(c3cc4c(nn3)CCSC4)CC2)n1. The summed E-state index contributed by atoms with van der Waals surface area (Å²) in [6.07, 6.45) is 1.03. The van der Waals surface area contributed by atoms with Gasteiger partial charge in [0.05, 0.1) is 17.9 Å². The van der Waals surface area contributed by atoms with Crippen LogP contribution in [0.2, 0.25) is 0 Å². The van der Waals surface area contributed by atoms with E-state index < -0.39 is 0 Å². The van der Waals surface area contributed by atoms with Gasteiger partial charge in [0, 0.05) is 56.4 Å². The normalized spacial score (nSPS) is 18.0. The van der Waals surface area contributed by atoms with Gasteiger partial charge in [0.25, 0.3) is 5.56 Å². The fraction of sp³-hybridized carbons (Fsp3) is 0.619. The van der Waals surface area contributed by atoms with Crippen LogP contribution in [-0.2, 0) is 24.1 Å². The Bertz CT molecular complexity index is 914. The zero-order valence-corrected chi connectivity index (χ0v) is 18.4. The first-order valence-corrected chi connectivity index (χ1v) is 11.5. The second-order valence-electron chi connectivity index (χ2n) is 8.84. The van der Waals surface area contributed by atoms with Crippen molar-refractivity contribution in [1.29, 1.82) is 0 Å². The van der Waals surface area contributed by atoms with Crippen LogP contribution in [-0.4, -0.2) is 63.4 Å². The second-order valence-corrected chi connectivity index (χ2v) is 9.94. The molecule has 0 saturated carbocycles. The molecule has 0 atom stereocenters. The summed E-state index contributed by atoms with van der Waals surface area (Å²) in [5.74, 6) is 3.20. The Morgan fingerprint density at radius 3 is 2.62 bits per heavy atom. The number of thioether (sulfide) groups is 1. The van der Waals surface area contributed by atoms with E-state index in [0.717, 1.165) is 62.2 Å². The van der Waals surface area contributed by atoms with Crippen LogP contribution >= 0.6 is 11.8 Å². The molecule has 2 aromatic rings. The molecule has 0 bridgehead atoms. The lowest BCUT2D eigenvalue weighted by Gasteiger charge is -2.35. The van der Waals surface area contributed by atoms with Gasteiger partial charge in [0.2, 0.25) is 0 Å². The van der Waals surface area contributed by atoms with E-state index in [9.17, 15) is 4.79 Å². The van der Waals surface area contributed by atoms with E-state index in [4.69, 9.17) is 0 Å². The van der Waals surface area contributed by atoms with E-state index in [1.165, 1.54) is 11.3 Å². The number of aromatic nitrogens is 4. The van der Waals surface area contributed by atoms with E-state index in [2.05, 4.69) is 51.9 Å². The summed E-state index contributed by atoms with van der Waals surface area (Å²) in [4.78, 5) is 16.9. The first kappa shape index (κ1) is 20.3. The van der Waals surface area contributed by atoms with Crippen LogP contribution < -0.4 is 10.5 Å². The minimum atomic E-state index is -0.0600. The zero-order chi connectivity index (χ0) is 20.4. The third-order valence-electron chi connectivity index (χ3n) is 5.65. The van der Waals surface area contributed by atoms with Crippen molar-refractivity contribution < 1.29 is 0 Å². The van der Waals surface area contributed by atoms with Crippen LogP contribution in [0.5, 0.6) is 0 Å². The van der Waals surface area contributed by atoms with Crippen molar-refractivity contribution in [2.45, 2.75) is 44.9 Å². The van der Waals surface area contributed by atoms with Crippen molar-refractivity contribution in [3.8, 4) is 0 Å². The molecule has 0 aromatic carbocycles.